The van der Waals surface area contributed by atoms with E-state index in [-0.39, 0.29) is 28.7 Å². The van der Waals surface area contributed by atoms with Gasteiger partial charge in [-0.05, 0) is 24.5 Å². The molecular formula is C12H16ClNO2S. The van der Waals surface area contributed by atoms with E-state index in [1.165, 1.54) is 0 Å². The molecule has 3 unspecified atom stereocenters. The molecule has 1 fully saturated rings. The van der Waals surface area contributed by atoms with Gasteiger partial charge in [0.1, 0.15) is 0 Å². The second-order valence-electron chi connectivity index (χ2n) is 4.65. The van der Waals surface area contributed by atoms with Gasteiger partial charge in [0.15, 0.2) is 9.84 Å². The van der Waals surface area contributed by atoms with Crippen LogP contribution in [0.2, 0.25) is 0 Å². The third kappa shape index (κ3) is 2.99. The summed E-state index contributed by atoms with van der Waals surface area (Å²) in [6, 6.07) is 5.72. The second kappa shape index (κ2) is 4.94. The molecule has 0 aromatic carbocycles. The Morgan fingerprint density at radius 2 is 2.24 bits per heavy atom. The lowest BCUT2D eigenvalue weighted by molar-refractivity contribution is 0.496. The average molecular weight is 274 g/mol. The maximum absolute atomic E-state index is 11.4. The fourth-order valence-electron chi connectivity index (χ4n) is 2.29. The fraction of sp³-hybridized carbons (Fsp3) is 0.583. The van der Waals surface area contributed by atoms with E-state index < -0.39 is 9.84 Å². The minimum absolute atomic E-state index is 0.0543. The van der Waals surface area contributed by atoms with Crippen molar-refractivity contribution in [1.29, 1.82) is 0 Å². The number of sulfone groups is 1. The summed E-state index contributed by atoms with van der Waals surface area (Å²) in [5.74, 6) is 0.628. The van der Waals surface area contributed by atoms with Gasteiger partial charge in [0.25, 0.3) is 0 Å². The molecule has 0 spiro atoms. The molecular weight excluding hydrogens is 258 g/mol. The third-order valence-electron chi connectivity index (χ3n) is 3.35. The molecule has 0 radical (unpaired) electrons. The van der Waals surface area contributed by atoms with Crippen LogP contribution >= 0.6 is 11.6 Å². The van der Waals surface area contributed by atoms with Crippen molar-refractivity contribution in [2.75, 3.05) is 11.5 Å². The lowest BCUT2D eigenvalue weighted by atomic mass is 9.92. The van der Waals surface area contributed by atoms with E-state index >= 15 is 0 Å². The first kappa shape index (κ1) is 12.8. The van der Waals surface area contributed by atoms with Gasteiger partial charge >= 0.3 is 0 Å². The van der Waals surface area contributed by atoms with Gasteiger partial charge in [-0.2, -0.15) is 0 Å². The number of hydrogen-bond acceptors (Lipinski definition) is 3. The van der Waals surface area contributed by atoms with Gasteiger partial charge in [0.2, 0.25) is 0 Å². The summed E-state index contributed by atoms with van der Waals surface area (Å²) in [7, 11) is -2.86. The quantitative estimate of drug-likeness (QED) is 0.794. The molecule has 1 aromatic heterocycles. The van der Waals surface area contributed by atoms with Crippen LogP contribution in [-0.2, 0) is 9.84 Å². The molecule has 0 amide bonds. The molecule has 0 bridgehead atoms. The predicted octanol–water partition coefficient (Wildman–Crippen LogP) is 2.23. The summed E-state index contributed by atoms with van der Waals surface area (Å²) in [6.45, 7) is 2.00. The van der Waals surface area contributed by atoms with E-state index in [1.54, 1.807) is 6.20 Å². The minimum Gasteiger partial charge on any atom is -0.261 e. The summed E-state index contributed by atoms with van der Waals surface area (Å²) < 4.78 is 22.9. The van der Waals surface area contributed by atoms with Crippen LogP contribution in [0.3, 0.4) is 0 Å². The van der Waals surface area contributed by atoms with Gasteiger partial charge in [0.05, 0.1) is 11.5 Å². The number of nitrogens with zero attached hydrogens (tertiary/aromatic N) is 1. The fourth-order valence-corrected chi connectivity index (χ4v) is 4.60. The number of pyridine rings is 1. The third-order valence-corrected chi connectivity index (χ3v) is 5.88. The number of aromatic nitrogens is 1. The topological polar surface area (TPSA) is 47.0 Å². The molecule has 3 atom stereocenters. The highest BCUT2D eigenvalue weighted by Gasteiger charge is 2.35. The zero-order valence-corrected chi connectivity index (χ0v) is 11.3. The van der Waals surface area contributed by atoms with Gasteiger partial charge in [-0.15, -0.1) is 11.6 Å². The van der Waals surface area contributed by atoms with Crippen LogP contribution in [0.25, 0.3) is 0 Å². The highest BCUT2D eigenvalue weighted by atomic mass is 35.5. The van der Waals surface area contributed by atoms with E-state index in [9.17, 15) is 8.42 Å². The van der Waals surface area contributed by atoms with Crippen LogP contribution < -0.4 is 0 Å². The SMILES string of the molecule is CC(c1ccccn1)C(Cl)C1CCS(=O)(=O)C1. The summed E-state index contributed by atoms with van der Waals surface area (Å²) in [4.78, 5) is 4.27. The van der Waals surface area contributed by atoms with Crippen molar-refractivity contribution in [2.45, 2.75) is 24.6 Å². The van der Waals surface area contributed by atoms with Crippen molar-refractivity contribution in [1.82, 2.24) is 4.98 Å². The number of halogens is 1. The zero-order valence-electron chi connectivity index (χ0n) is 9.71. The van der Waals surface area contributed by atoms with Crippen molar-refractivity contribution in [3.8, 4) is 0 Å². The summed E-state index contributed by atoms with van der Waals surface area (Å²) in [5.41, 5.74) is 0.928. The molecule has 2 rings (SSSR count). The number of rotatable bonds is 3. The van der Waals surface area contributed by atoms with Crippen molar-refractivity contribution in [3.05, 3.63) is 30.1 Å². The normalized spacial score (nSPS) is 26.6. The molecule has 17 heavy (non-hydrogen) atoms. The standard InChI is InChI=1S/C12H16ClNO2S/c1-9(11-4-2-3-6-14-11)12(13)10-5-7-17(15,16)8-10/h2-4,6,9-10,12H,5,7-8H2,1H3. The molecule has 1 aliphatic rings. The molecule has 1 aromatic rings. The number of alkyl halides is 1. The smallest absolute Gasteiger partial charge is 0.150 e. The predicted molar refractivity (Wildman–Crippen MR) is 69.1 cm³/mol. The van der Waals surface area contributed by atoms with Crippen LogP contribution in [0, 0.1) is 5.92 Å². The molecule has 1 aliphatic heterocycles. The second-order valence-corrected chi connectivity index (χ2v) is 7.38. The molecule has 94 valence electrons. The maximum atomic E-state index is 11.4. The largest absolute Gasteiger partial charge is 0.261 e. The molecule has 3 nitrogen and oxygen atoms in total. The Kier molecular flexibility index (Phi) is 3.73. The Morgan fingerprint density at radius 3 is 2.76 bits per heavy atom. The summed E-state index contributed by atoms with van der Waals surface area (Å²) in [6.07, 6.45) is 2.41. The van der Waals surface area contributed by atoms with Crippen LogP contribution in [0.15, 0.2) is 24.4 Å². The van der Waals surface area contributed by atoms with Gasteiger partial charge < -0.3 is 0 Å². The Labute approximate surface area is 107 Å². The molecule has 0 saturated carbocycles. The van der Waals surface area contributed by atoms with Crippen molar-refractivity contribution < 1.29 is 8.42 Å². The zero-order chi connectivity index (χ0) is 12.5. The van der Waals surface area contributed by atoms with Crippen LogP contribution in [-0.4, -0.2) is 30.3 Å². The van der Waals surface area contributed by atoms with E-state index in [1.807, 2.05) is 25.1 Å². The van der Waals surface area contributed by atoms with E-state index in [0.717, 1.165) is 5.69 Å². The Balaban J connectivity index is 2.08. The molecule has 2 heterocycles. The van der Waals surface area contributed by atoms with Crippen molar-refractivity contribution in [2.24, 2.45) is 5.92 Å². The Morgan fingerprint density at radius 1 is 1.47 bits per heavy atom. The van der Waals surface area contributed by atoms with E-state index in [0.29, 0.717) is 6.42 Å². The van der Waals surface area contributed by atoms with Crippen molar-refractivity contribution >= 4 is 21.4 Å². The van der Waals surface area contributed by atoms with Crippen LogP contribution in [0.5, 0.6) is 0 Å². The summed E-state index contributed by atoms with van der Waals surface area (Å²) in [5, 5.41) is -0.165. The first-order chi connectivity index (χ1) is 7.99. The van der Waals surface area contributed by atoms with Crippen molar-refractivity contribution in [3.63, 3.8) is 0 Å². The minimum atomic E-state index is -2.86. The first-order valence-corrected chi connectivity index (χ1v) is 8.01. The Bertz CT molecular complexity index is 475. The van der Waals surface area contributed by atoms with E-state index in [4.69, 9.17) is 11.6 Å². The highest BCUT2D eigenvalue weighted by Crippen LogP contribution is 2.33. The van der Waals surface area contributed by atoms with Gasteiger partial charge in [0, 0.05) is 23.2 Å². The Hall–Kier alpha value is -0.610. The molecule has 0 N–H and O–H groups in total. The van der Waals surface area contributed by atoms with Crippen LogP contribution in [0.4, 0.5) is 0 Å². The number of hydrogen-bond donors (Lipinski definition) is 0. The van der Waals surface area contributed by atoms with Gasteiger partial charge in [-0.25, -0.2) is 8.42 Å². The molecule has 5 heteroatoms. The van der Waals surface area contributed by atoms with E-state index in [2.05, 4.69) is 4.98 Å². The molecule has 0 aliphatic carbocycles. The van der Waals surface area contributed by atoms with Gasteiger partial charge in [-0.3, -0.25) is 4.98 Å². The lowest BCUT2D eigenvalue weighted by Gasteiger charge is -2.22. The monoisotopic (exact) mass is 273 g/mol. The molecule has 1 saturated heterocycles. The van der Waals surface area contributed by atoms with Crippen LogP contribution in [0.1, 0.15) is 25.0 Å². The highest BCUT2D eigenvalue weighted by molar-refractivity contribution is 7.91. The first-order valence-electron chi connectivity index (χ1n) is 5.75. The van der Waals surface area contributed by atoms with Gasteiger partial charge in [-0.1, -0.05) is 13.0 Å². The lowest BCUT2D eigenvalue weighted by Crippen LogP contribution is -2.22. The average Bonchev–Trinajstić information content (AvgIpc) is 2.69. The maximum Gasteiger partial charge on any atom is 0.150 e. The summed E-state index contributed by atoms with van der Waals surface area (Å²) >= 11 is 6.39.